The van der Waals surface area contributed by atoms with Gasteiger partial charge in [0, 0.05) is 0 Å². The zero-order valence-corrected chi connectivity index (χ0v) is 11.3. The zero-order chi connectivity index (χ0) is 20.1. The third-order valence-corrected chi connectivity index (χ3v) is 3.28. The summed E-state index contributed by atoms with van der Waals surface area (Å²) in [5.74, 6) is -15.3. The SMILES string of the molecule is FC(F)(F)C(F)(F)C(F)(F)C(c1ccccc1)(C(F)(F)F)C(F)(F)F. The first kappa shape index (κ1) is 21.4. The molecule has 1 aromatic rings. The second-order valence-electron chi connectivity index (χ2n) is 4.76. The summed E-state index contributed by atoms with van der Waals surface area (Å²) < 4.78 is 169. The van der Waals surface area contributed by atoms with Gasteiger partial charge in [-0.15, -0.1) is 0 Å². The normalized spacial score (nSPS) is 15.4. The van der Waals surface area contributed by atoms with Crippen molar-refractivity contribution < 1.29 is 57.1 Å². The largest absolute Gasteiger partial charge is 0.459 e. The van der Waals surface area contributed by atoms with Gasteiger partial charge in [-0.25, -0.2) is 0 Å². The first-order chi connectivity index (χ1) is 10.9. The molecule has 0 saturated carbocycles. The summed E-state index contributed by atoms with van der Waals surface area (Å²) in [4.78, 5) is 0. The Bertz CT molecular complexity index is 576. The van der Waals surface area contributed by atoms with E-state index in [-0.39, 0.29) is 12.1 Å². The van der Waals surface area contributed by atoms with E-state index in [1.165, 1.54) is 0 Å². The van der Waals surface area contributed by atoms with Crippen LogP contribution in [0.1, 0.15) is 5.56 Å². The van der Waals surface area contributed by atoms with E-state index in [4.69, 9.17) is 0 Å². The van der Waals surface area contributed by atoms with Crippen molar-refractivity contribution in [2.75, 3.05) is 0 Å². The van der Waals surface area contributed by atoms with Gasteiger partial charge in [-0.05, 0) is 5.56 Å². The summed E-state index contributed by atoms with van der Waals surface area (Å²) in [5, 5.41) is 0. The molecule has 0 aliphatic rings. The van der Waals surface area contributed by atoms with Gasteiger partial charge in [0.1, 0.15) is 0 Å². The van der Waals surface area contributed by atoms with E-state index in [2.05, 4.69) is 0 Å². The number of alkyl halides is 13. The summed E-state index contributed by atoms with van der Waals surface area (Å²) in [7, 11) is 0. The molecular formula is C12H5F13. The maximum absolute atomic E-state index is 13.8. The van der Waals surface area contributed by atoms with Crippen molar-refractivity contribution in [3.63, 3.8) is 0 Å². The smallest absolute Gasteiger partial charge is 0.198 e. The van der Waals surface area contributed by atoms with Gasteiger partial charge in [-0.2, -0.15) is 57.1 Å². The summed E-state index contributed by atoms with van der Waals surface area (Å²) in [6.07, 6.45) is -21.9. The number of halogens is 13. The highest BCUT2D eigenvalue weighted by atomic mass is 19.4. The second kappa shape index (κ2) is 5.66. The summed E-state index contributed by atoms with van der Waals surface area (Å²) in [6, 6.07) is 0.927. The van der Waals surface area contributed by atoms with Gasteiger partial charge in [-0.1, -0.05) is 30.3 Å². The molecule has 1 aromatic carbocycles. The lowest BCUT2D eigenvalue weighted by molar-refractivity contribution is -0.432. The Morgan fingerprint density at radius 2 is 0.800 bits per heavy atom. The first-order valence-corrected chi connectivity index (χ1v) is 5.87. The van der Waals surface area contributed by atoms with E-state index in [0.717, 1.165) is 6.07 Å². The lowest BCUT2D eigenvalue weighted by atomic mass is 9.70. The molecule has 0 nitrogen and oxygen atoms in total. The minimum absolute atomic E-state index is 0.263. The molecule has 0 atom stereocenters. The topological polar surface area (TPSA) is 0 Å². The predicted octanol–water partition coefficient (Wildman–Crippen LogP) is 5.88. The van der Waals surface area contributed by atoms with Crippen LogP contribution in [0.25, 0.3) is 0 Å². The van der Waals surface area contributed by atoms with E-state index in [9.17, 15) is 57.1 Å². The Morgan fingerprint density at radius 1 is 0.440 bits per heavy atom. The number of rotatable bonds is 3. The lowest BCUT2D eigenvalue weighted by Gasteiger charge is -2.45. The molecule has 144 valence electrons. The highest BCUT2D eigenvalue weighted by Gasteiger charge is 2.92. The molecule has 0 amide bonds. The minimum atomic E-state index is -7.64. The Hall–Kier alpha value is -1.69. The Labute approximate surface area is 130 Å². The molecule has 0 bridgehead atoms. The van der Waals surface area contributed by atoms with Crippen LogP contribution in [-0.4, -0.2) is 30.4 Å². The van der Waals surface area contributed by atoms with Crippen LogP contribution in [0.3, 0.4) is 0 Å². The van der Waals surface area contributed by atoms with Crippen molar-refractivity contribution >= 4 is 0 Å². The molecule has 0 N–H and O–H groups in total. The fraction of sp³-hybridized carbons (Fsp3) is 0.500. The Kier molecular flexibility index (Phi) is 4.83. The molecule has 0 saturated heterocycles. The van der Waals surface area contributed by atoms with Gasteiger partial charge in [0.05, 0.1) is 0 Å². The summed E-state index contributed by atoms with van der Waals surface area (Å²) in [5.41, 5.74) is -9.31. The minimum Gasteiger partial charge on any atom is -0.198 e. The highest BCUT2D eigenvalue weighted by molar-refractivity contribution is 5.36. The van der Waals surface area contributed by atoms with E-state index in [1.54, 1.807) is 0 Å². The van der Waals surface area contributed by atoms with Crippen LogP contribution in [0.15, 0.2) is 30.3 Å². The molecule has 0 heterocycles. The molecule has 13 heteroatoms. The van der Waals surface area contributed by atoms with Gasteiger partial charge >= 0.3 is 30.4 Å². The van der Waals surface area contributed by atoms with Crippen molar-refractivity contribution in [3.8, 4) is 0 Å². The molecule has 0 spiro atoms. The first-order valence-electron chi connectivity index (χ1n) is 5.87. The fourth-order valence-corrected chi connectivity index (χ4v) is 2.13. The quantitative estimate of drug-likeness (QED) is 0.560. The van der Waals surface area contributed by atoms with Crippen molar-refractivity contribution in [1.29, 1.82) is 0 Å². The highest BCUT2D eigenvalue weighted by Crippen LogP contribution is 2.65. The number of benzene rings is 1. The third-order valence-electron chi connectivity index (χ3n) is 3.28. The molecule has 0 unspecified atom stereocenters. The molecule has 0 aromatic heterocycles. The molecule has 0 aliphatic heterocycles. The molecule has 1 rings (SSSR count). The summed E-state index contributed by atoms with van der Waals surface area (Å²) >= 11 is 0. The van der Waals surface area contributed by atoms with Crippen LogP contribution in [0.4, 0.5) is 57.1 Å². The van der Waals surface area contributed by atoms with Crippen LogP contribution >= 0.6 is 0 Å². The molecular weight excluding hydrogens is 391 g/mol. The lowest BCUT2D eigenvalue weighted by Crippen LogP contribution is -2.72. The van der Waals surface area contributed by atoms with E-state index in [1.807, 2.05) is 0 Å². The van der Waals surface area contributed by atoms with Gasteiger partial charge in [0.15, 0.2) is 0 Å². The second-order valence-corrected chi connectivity index (χ2v) is 4.76. The fourth-order valence-electron chi connectivity index (χ4n) is 2.13. The standard InChI is InChI=1S/C12H5F13/c13-8(14,9(15,16)12(23,24)25)7(10(17,18)19,11(20,21)22)6-4-2-1-3-5-6/h1-5H. The zero-order valence-electron chi connectivity index (χ0n) is 11.3. The average Bonchev–Trinajstić information content (AvgIpc) is 2.35. The van der Waals surface area contributed by atoms with Crippen LogP contribution in [0, 0.1) is 0 Å². The van der Waals surface area contributed by atoms with Crippen LogP contribution in [0.5, 0.6) is 0 Å². The maximum Gasteiger partial charge on any atom is 0.459 e. The molecule has 25 heavy (non-hydrogen) atoms. The molecule has 0 aliphatic carbocycles. The van der Waals surface area contributed by atoms with Crippen molar-refractivity contribution in [2.45, 2.75) is 35.8 Å². The van der Waals surface area contributed by atoms with Crippen LogP contribution in [-0.2, 0) is 5.41 Å². The van der Waals surface area contributed by atoms with Gasteiger partial charge in [0.2, 0.25) is 0 Å². The third kappa shape index (κ3) is 2.80. The van der Waals surface area contributed by atoms with Crippen LogP contribution in [0.2, 0.25) is 0 Å². The van der Waals surface area contributed by atoms with Gasteiger partial charge in [0.25, 0.3) is 5.41 Å². The van der Waals surface area contributed by atoms with Crippen molar-refractivity contribution in [2.24, 2.45) is 0 Å². The summed E-state index contributed by atoms with van der Waals surface area (Å²) in [6.45, 7) is 0. The van der Waals surface area contributed by atoms with Gasteiger partial charge in [-0.3, -0.25) is 0 Å². The van der Waals surface area contributed by atoms with Crippen molar-refractivity contribution in [3.05, 3.63) is 35.9 Å². The number of hydrogen-bond acceptors (Lipinski definition) is 0. The monoisotopic (exact) mass is 396 g/mol. The number of hydrogen-bond donors (Lipinski definition) is 0. The van der Waals surface area contributed by atoms with E-state index in [0.29, 0.717) is 12.1 Å². The predicted molar refractivity (Wildman–Crippen MR) is 56.2 cm³/mol. The maximum atomic E-state index is 13.8. The van der Waals surface area contributed by atoms with E-state index < -0.39 is 41.4 Å². The van der Waals surface area contributed by atoms with Crippen molar-refractivity contribution in [1.82, 2.24) is 0 Å². The Morgan fingerprint density at radius 3 is 1.08 bits per heavy atom. The molecule has 0 radical (unpaired) electrons. The van der Waals surface area contributed by atoms with E-state index >= 15 is 0 Å². The molecule has 0 fully saturated rings. The van der Waals surface area contributed by atoms with Gasteiger partial charge < -0.3 is 0 Å². The Balaban J connectivity index is 4.05. The van der Waals surface area contributed by atoms with Crippen LogP contribution < -0.4 is 0 Å². The average molecular weight is 396 g/mol.